The van der Waals surface area contributed by atoms with E-state index in [1.165, 1.54) is 18.2 Å². The van der Waals surface area contributed by atoms with E-state index in [-0.39, 0.29) is 10.5 Å². The van der Waals surface area contributed by atoms with Gasteiger partial charge in [0.05, 0.1) is 15.9 Å². The highest BCUT2D eigenvalue weighted by Crippen LogP contribution is 2.19. The number of aryl methyl sites for hydroxylation is 1. The minimum Gasteiger partial charge on any atom is -0.324 e. The lowest BCUT2D eigenvalue weighted by atomic mass is 10.2. The van der Waals surface area contributed by atoms with Crippen LogP contribution in [0.5, 0.6) is 0 Å². The quantitative estimate of drug-likeness (QED) is 0.467. The van der Waals surface area contributed by atoms with E-state index in [2.05, 4.69) is 20.0 Å². The zero-order valence-electron chi connectivity index (χ0n) is 15.5. The predicted molar refractivity (Wildman–Crippen MR) is 112 cm³/mol. The molecule has 29 heavy (non-hydrogen) atoms. The fraction of sp³-hybridized carbons (Fsp3) is 0.0476. The molecule has 7 nitrogen and oxygen atoms in total. The number of nitrogens with one attached hydrogen (secondary N) is 3. The summed E-state index contributed by atoms with van der Waals surface area (Å²) in [6.07, 6.45) is 0. The van der Waals surface area contributed by atoms with Crippen molar-refractivity contribution in [3.63, 3.8) is 0 Å². The number of hydrogen-bond acceptors (Lipinski definition) is 4. The second-order valence-electron chi connectivity index (χ2n) is 6.56. The van der Waals surface area contributed by atoms with E-state index in [4.69, 9.17) is 0 Å². The molecule has 4 rings (SSSR count). The number of hydrogen-bond donors (Lipinski definition) is 3. The number of carbonyl (C=O) groups excluding carboxylic acids is 1. The van der Waals surface area contributed by atoms with Crippen molar-refractivity contribution in [3.05, 3.63) is 83.9 Å². The van der Waals surface area contributed by atoms with Crippen LogP contribution in [-0.4, -0.2) is 24.3 Å². The van der Waals surface area contributed by atoms with Gasteiger partial charge in [0.1, 0.15) is 0 Å². The van der Waals surface area contributed by atoms with Crippen molar-refractivity contribution >= 4 is 38.6 Å². The molecule has 8 heteroatoms. The maximum absolute atomic E-state index is 12.7. The number of sulfonamides is 1. The summed E-state index contributed by atoms with van der Waals surface area (Å²) in [5, 5.41) is 2.66. The standard InChI is InChI=1S/C21H18N4O3S/c1-14-9-11-16(12-10-14)25-29(27,28)17-6-4-5-15(13-17)20(26)24-21-22-18-7-2-3-8-19(18)23-21/h2-13,25H,1H3,(H2,22,23,24,26). The van der Waals surface area contributed by atoms with Crippen molar-refractivity contribution in [1.82, 2.24) is 9.97 Å². The Balaban J connectivity index is 1.55. The molecule has 0 bridgehead atoms. The van der Waals surface area contributed by atoms with Crippen molar-refractivity contribution in [2.24, 2.45) is 0 Å². The third-order valence-corrected chi connectivity index (χ3v) is 5.71. The molecule has 1 amide bonds. The molecule has 1 heterocycles. The Morgan fingerprint density at radius 3 is 2.48 bits per heavy atom. The van der Waals surface area contributed by atoms with Crippen molar-refractivity contribution in [3.8, 4) is 0 Å². The first-order valence-electron chi connectivity index (χ1n) is 8.86. The monoisotopic (exact) mass is 406 g/mol. The minimum absolute atomic E-state index is 0.00432. The Kier molecular flexibility index (Phi) is 4.77. The summed E-state index contributed by atoms with van der Waals surface area (Å²) in [6.45, 7) is 1.92. The van der Waals surface area contributed by atoms with Crippen LogP contribution in [0.25, 0.3) is 11.0 Å². The Morgan fingerprint density at radius 2 is 1.72 bits per heavy atom. The Bertz CT molecular complexity index is 1260. The van der Waals surface area contributed by atoms with Gasteiger partial charge in [-0.15, -0.1) is 0 Å². The van der Waals surface area contributed by atoms with Crippen LogP contribution >= 0.6 is 0 Å². The smallest absolute Gasteiger partial charge is 0.261 e. The average Bonchev–Trinajstić information content (AvgIpc) is 3.12. The second-order valence-corrected chi connectivity index (χ2v) is 8.24. The normalized spacial score (nSPS) is 11.3. The van der Waals surface area contributed by atoms with E-state index < -0.39 is 15.9 Å². The van der Waals surface area contributed by atoms with Crippen molar-refractivity contribution in [1.29, 1.82) is 0 Å². The van der Waals surface area contributed by atoms with Crippen LogP contribution in [0.4, 0.5) is 11.6 Å². The number of rotatable bonds is 5. The molecule has 3 N–H and O–H groups in total. The van der Waals surface area contributed by atoms with Crippen LogP contribution in [0, 0.1) is 6.92 Å². The molecule has 0 unspecified atom stereocenters. The molecule has 0 saturated heterocycles. The number of imidazole rings is 1. The van der Waals surface area contributed by atoms with E-state index in [1.54, 1.807) is 18.2 Å². The van der Waals surface area contributed by atoms with Crippen LogP contribution < -0.4 is 10.0 Å². The van der Waals surface area contributed by atoms with Crippen LogP contribution in [-0.2, 0) is 10.0 Å². The summed E-state index contributed by atoms with van der Waals surface area (Å²) in [7, 11) is -3.83. The summed E-state index contributed by atoms with van der Waals surface area (Å²) in [5.74, 6) is -0.168. The SMILES string of the molecule is Cc1ccc(NS(=O)(=O)c2cccc(C(=O)Nc3nc4ccccc4[nH]3)c2)cc1. The second kappa shape index (κ2) is 7.40. The molecule has 1 aromatic heterocycles. The van der Waals surface area contributed by atoms with Crippen LogP contribution in [0.3, 0.4) is 0 Å². The third kappa shape index (κ3) is 4.12. The molecule has 0 radical (unpaired) electrons. The topological polar surface area (TPSA) is 104 Å². The van der Waals surface area contributed by atoms with Gasteiger partial charge in [-0.1, -0.05) is 35.9 Å². The fourth-order valence-corrected chi connectivity index (χ4v) is 3.94. The minimum atomic E-state index is -3.83. The van der Waals surface area contributed by atoms with E-state index in [9.17, 15) is 13.2 Å². The molecule has 4 aromatic rings. The molecule has 0 aliphatic heterocycles. The van der Waals surface area contributed by atoms with Gasteiger partial charge in [0.25, 0.3) is 15.9 Å². The van der Waals surface area contributed by atoms with Gasteiger partial charge in [-0.3, -0.25) is 14.8 Å². The Labute approximate surface area is 167 Å². The molecule has 0 spiro atoms. The van der Waals surface area contributed by atoms with Gasteiger partial charge < -0.3 is 4.98 Å². The molecule has 146 valence electrons. The summed E-state index contributed by atoms with van der Waals surface area (Å²) in [4.78, 5) is 19.9. The maximum Gasteiger partial charge on any atom is 0.261 e. The van der Waals surface area contributed by atoms with E-state index in [0.29, 0.717) is 11.6 Å². The average molecular weight is 406 g/mol. The largest absolute Gasteiger partial charge is 0.324 e. The molecule has 0 saturated carbocycles. The molecule has 3 aromatic carbocycles. The number of anilines is 2. The lowest BCUT2D eigenvalue weighted by molar-refractivity contribution is 0.102. The molecule has 0 atom stereocenters. The summed E-state index contributed by atoms with van der Waals surface area (Å²) in [6, 6.07) is 20.2. The van der Waals surface area contributed by atoms with Gasteiger partial charge >= 0.3 is 0 Å². The molecule has 0 aliphatic rings. The van der Waals surface area contributed by atoms with Crippen molar-refractivity contribution < 1.29 is 13.2 Å². The Morgan fingerprint density at radius 1 is 0.966 bits per heavy atom. The number of carbonyl (C=O) groups is 1. The van der Waals surface area contributed by atoms with Gasteiger partial charge in [0.2, 0.25) is 5.95 Å². The number of benzene rings is 3. The number of nitrogens with zero attached hydrogens (tertiary/aromatic N) is 1. The van der Waals surface area contributed by atoms with E-state index >= 15 is 0 Å². The first-order chi connectivity index (χ1) is 13.9. The van der Waals surface area contributed by atoms with Gasteiger partial charge in [0, 0.05) is 11.3 Å². The maximum atomic E-state index is 12.7. The zero-order valence-corrected chi connectivity index (χ0v) is 16.3. The highest BCUT2D eigenvalue weighted by Gasteiger charge is 2.17. The molecular formula is C21H18N4O3S. The van der Waals surface area contributed by atoms with Crippen LogP contribution in [0.1, 0.15) is 15.9 Å². The van der Waals surface area contributed by atoms with Crippen LogP contribution in [0.15, 0.2) is 77.7 Å². The first-order valence-corrected chi connectivity index (χ1v) is 10.3. The summed E-state index contributed by atoms with van der Waals surface area (Å²) in [5.41, 5.74) is 3.20. The summed E-state index contributed by atoms with van der Waals surface area (Å²) >= 11 is 0. The molecule has 0 fully saturated rings. The van der Waals surface area contributed by atoms with E-state index in [0.717, 1.165) is 16.6 Å². The predicted octanol–water partition coefficient (Wildman–Crippen LogP) is 3.92. The number of aromatic nitrogens is 2. The first kappa shape index (κ1) is 18.7. The molecule has 0 aliphatic carbocycles. The number of fused-ring (bicyclic) bond motifs is 1. The van der Waals surface area contributed by atoms with Crippen molar-refractivity contribution in [2.45, 2.75) is 11.8 Å². The van der Waals surface area contributed by atoms with Crippen LogP contribution in [0.2, 0.25) is 0 Å². The van der Waals surface area contributed by atoms with Gasteiger partial charge in [0.15, 0.2) is 0 Å². The zero-order chi connectivity index (χ0) is 20.4. The highest BCUT2D eigenvalue weighted by atomic mass is 32.2. The van der Waals surface area contributed by atoms with Crippen molar-refractivity contribution in [2.75, 3.05) is 10.0 Å². The third-order valence-electron chi connectivity index (χ3n) is 4.33. The lowest BCUT2D eigenvalue weighted by Crippen LogP contribution is -2.16. The fourth-order valence-electron chi connectivity index (χ4n) is 2.83. The summed E-state index contributed by atoms with van der Waals surface area (Å²) < 4.78 is 27.9. The number of aromatic amines is 1. The van der Waals surface area contributed by atoms with Gasteiger partial charge in [-0.05, 0) is 49.4 Å². The van der Waals surface area contributed by atoms with E-state index in [1.807, 2.05) is 43.3 Å². The van der Waals surface area contributed by atoms with Gasteiger partial charge in [-0.2, -0.15) is 0 Å². The number of H-pyrrole nitrogens is 1. The highest BCUT2D eigenvalue weighted by molar-refractivity contribution is 7.92. The van der Waals surface area contributed by atoms with Gasteiger partial charge in [-0.25, -0.2) is 13.4 Å². The number of amides is 1. The molecular weight excluding hydrogens is 388 g/mol. The lowest BCUT2D eigenvalue weighted by Gasteiger charge is -2.09. The Hall–Kier alpha value is -3.65. The number of para-hydroxylation sites is 2.